The Morgan fingerprint density at radius 2 is 2.03 bits per heavy atom. The number of aryl methyl sites for hydroxylation is 1. The van der Waals surface area contributed by atoms with Gasteiger partial charge in [-0.25, -0.2) is 13.1 Å². The zero-order valence-electron chi connectivity index (χ0n) is 16.4. The maximum atomic E-state index is 12.2. The van der Waals surface area contributed by atoms with Crippen molar-refractivity contribution in [3.05, 3.63) is 68.1 Å². The van der Waals surface area contributed by atoms with Crippen molar-refractivity contribution in [1.29, 1.82) is 0 Å². The van der Waals surface area contributed by atoms with Crippen LogP contribution in [0.3, 0.4) is 0 Å². The predicted octanol–water partition coefficient (Wildman–Crippen LogP) is 5.55. The Labute approximate surface area is 183 Å². The number of furan rings is 1. The van der Waals surface area contributed by atoms with Crippen LogP contribution in [0.1, 0.15) is 23.6 Å². The summed E-state index contributed by atoms with van der Waals surface area (Å²) in [6.45, 7) is 2.42. The molecule has 0 radical (unpaired) electrons. The number of nitrogens with one attached hydrogen (secondary N) is 1. The summed E-state index contributed by atoms with van der Waals surface area (Å²) in [7, 11) is -2.13. The van der Waals surface area contributed by atoms with Gasteiger partial charge >= 0.3 is 0 Å². The molecule has 0 spiro atoms. The maximum Gasteiger partial charge on any atom is 0.246 e. The number of rotatable bonds is 8. The number of ether oxygens (including phenoxy) is 1. The largest absolute Gasteiger partial charge is 0.488 e. The molecule has 1 heterocycles. The van der Waals surface area contributed by atoms with Gasteiger partial charge in [0.2, 0.25) is 10.0 Å². The lowest BCUT2D eigenvalue weighted by atomic mass is 10.1. The molecule has 3 aromatic rings. The van der Waals surface area contributed by atoms with Crippen LogP contribution in [0.5, 0.6) is 5.75 Å². The summed E-state index contributed by atoms with van der Waals surface area (Å²) in [5.41, 5.74) is 3.61. The van der Waals surface area contributed by atoms with Crippen LogP contribution in [0.4, 0.5) is 0 Å². The summed E-state index contributed by atoms with van der Waals surface area (Å²) in [6.07, 6.45) is 5.89. The highest BCUT2D eigenvalue weighted by Gasteiger charge is 2.16. The fraction of sp³-hybridized carbons (Fsp3) is 0.238. The van der Waals surface area contributed by atoms with Crippen LogP contribution in [0.25, 0.3) is 17.0 Å². The molecule has 5 nitrogen and oxygen atoms in total. The molecule has 0 aliphatic heterocycles. The van der Waals surface area contributed by atoms with Crippen LogP contribution in [0.2, 0.25) is 0 Å². The number of halogens is 1. The van der Waals surface area contributed by atoms with Crippen molar-refractivity contribution in [3.8, 4) is 5.75 Å². The number of thioether (sulfide) groups is 1. The zero-order valence-corrected chi connectivity index (χ0v) is 19.6. The average Bonchev–Trinajstić information content (AvgIpc) is 3.20. The van der Waals surface area contributed by atoms with Crippen LogP contribution in [-0.4, -0.2) is 21.7 Å². The van der Waals surface area contributed by atoms with E-state index in [0.29, 0.717) is 17.9 Å². The van der Waals surface area contributed by atoms with E-state index < -0.39 is 10.0 Å². The van der Waals surface area contributed by atoms with Gasteiger partial charge in [-0.15, -0.1) is 11.8 Å². The SMILES string of the molecule is CCc1ccc(C=C(SC)S(=O)(=O)NC)c(OCc2cc(Br)c3occc3c2)c1. The van der Waals surface area contributed by atoms with Gasteiger partial charge in [0.25, 0.3) is 0 Å². The van der Waals surface area contributed by atoms with Crippen molar-refractivity contribution >= 4 is 54.8 Å². The van der Waals surface area contributed by atoms with E-state index in [1.807, 2.05) is 36.4 Å². The molecule has 8 heteroatoms. The number of hydrogen-bond acceptors (Lipinski definition) is 5. The summed E-state index contributed by atoms with van der Waals surface area (Å²) in [4.78, 5) is 0. The van der Waals surface area contributed by atoms with Crippen LogP contribution < -0.4 is 9.46 Å². The summed E-state index contributed by atoms with van der Waals surface area (Å²) < 4.78 is 39.5. The molecule has 3 rings (SSSR count). The third kappa shape index (κ3) is 5.06. The first-order valence-electron chi connectivity index (χ1n) is 8.98. The molecule has 0 fully saturated rings. The summed E-state index contributed by atoms with van der Waals surface area (Å²) >= 11 is 4.70. The van der Waals surface area contributed by atoms with Crippen LogP contribution in [0.15, 0.2) is 55.8 Å². The minimum Gasteiger partial charge on any atom is -0.488 e. The van der Waals surface area contributed by atoms with E-state index in [4.69, 9.17) is 9.15 Å². The molecule has 0 unspecified atom stereocenters. The first-order valence-corrected chi connectivity index (χ1v) is 12.5. The lowest BCUT2D eigenvalue weighted by Gasteiger charge is -2.13. The Balaban J connectivity index is 1.94. The molecule has 1 N–H and O–H groups in total. The number of sulfonamides is 1. The second-order valence-electron chi connectivity index (χ2n) is 6.31. The lowest BCUT2D eigenvalue weighted by molar-refractivity contribution is 0.305. The molecule has 2 aromatic carbocycles. The minimum atomic E-state index is -3.53. The van der Waals surface area contributed by atoms with E-state index in [1.54, 1.807) is 18.6 Å². The van der Waals surface area contributed by atoms with Crippen LogP contribution in [0, 0.1) is 0 Å². The molecular weight excluding hydrogens is 474 g/mol. The highest BCUT2D eigenvalue weighted by Crippen LogP contribution is 2.30. The van der Waals surface area contributed by atoms with Crippen LogP contribution >= 0.6 is 27.7 Å². The van der Waals surface area contributed by atoms with E-state index in [1.165, 1.54) is 18.8 Å². The second-order valence-corrected chi connectivity index (χ2v) is 10.1. The van der Waals surface area contributed by atoms with E-state index in [-0.39, 0.29) is 4.24 Å². The number of benzene rings is 2. The Bertz CT molecular complexity index is 1150. The van der Waals surface area contributed by atoms with Gasteiger partial charge in [-0.05, 0) is 77.1 Å². The van der Waals surface area contributed by atoms with Crippen molar-refractivity contribution in [3.63, 3.8) is 0 Å². The average molecular weight is 496 g/mol. The molecule has 29 heavy (non-hydrogen) atoms. The first-order chi connectivity index (χ1) is 13.9. The molecule has 0 aliphatic rings. The van der Waals surface area contributed by atoms with Gasteiger partial charge in [0.05, 0.1) is 10.7 Å². The Hall–Kier alpha value is -1.74. The predicted molar refractivity (Wildman–Crippen MR) is 124 cm³/mol. The number of hydrogen-bond donors (Lipinski definition) is 1. The highest BCUT2D eigenvalue weighted by atomic mass is 79.9. The molecule has 0 amide bonds. The van der Waals surface area contributed by atoms with Gasteiger partial charge < -0.3 is 9.15 Å². The smallest absolute Gasteiger partial charge is 0.246 e. The Morgan fingerprint density at radius 3 is 2.72 bits per heavy atom. The summed E-state index contributed by atoms with van der Waals surface area (Å²) in [6, 6.07) is 11.7. The first kappa shape index (κ1) is 22.0. The third-order valence-electron chi connectivity index (χ3n) is 4.45. The zero-order chi connectivity index (χ0) is 21.0. The fourth-order valence-corrected chi connectivity index (χ4v) is 5.33. The Kier molecular flexibility index (Phi) is 7.10. The molecule has 1 aromatic heterocycles. The van der Waals surface area contributed by atoms with Gasteiger partial charge in [0.15, 0.2) is 0 Å². The molecule has 0 bridgehead atoms. The minimum absolute atomic E-state index is 0.233. The van der Waals surface area contributed by atoms with E-state index in [2.05, 4.69) is 27.6 Å². The Morgan fingerprint density at radius 1 is 1.24 bits per heavy atom. The molecule has 0 saturated carbocycles. The van der Waals surface area contributed by atoms with Crippen LogP contribution in [-0.2, 0) is 23.1 Å². The van der Waals surface area contributed by atoms with Gasteiger partial charge in [0.1, 0.15) is 22.2 Å². The van der Waals surface area contributed by atoms with Crippen molar-refractivity contribution in [2.45, 2.75) is 20.0 Å². The van der Waals surface area contributed by atoms with Crippen molar-refractivity contribution < 1.29 is 17.6 Å². The van der Waals surface area contributed by atoms with Crippen molar-refractivity contribution in [2.75, 3.05) is 13.3 Å². The monoisotopic (exact) mass is 495 g/mol. The topological polar surface area (TPSA) is 68.5 Å². The van der Waals surface area contributed by atoms with E-state index in [0.717, 1.165) is 33.0 Å². The van der Waals surface area contributed by atoms with E-state index >= 15 is 0 Å². The summed E-state index contributed by atoms with van der Waals surface area (Å²) in [5.74, 6) is 0.644. The molecule has 0 aliphatic carbocycles. The number of fused-ring (bicyclic) bond motifs is 1. The normalized spacial score (nSPS) is 12.5. The fourth-order valence-electron chi connectivity index (χ4n) is 2.86. The molecule has 0 atom stereocenters. The second kappa shape index (κ2) is 9.38. The van der Waals surface area contributed by atoms with Gasteiger partial charge in [-0.3, -0.25) is 0 Å². The van der Waals surface area contributed by atoms with Crippen molar-refractivity contribution in [1.82, 2.24) is 4.72 Å². The summed E-state index contributed by atoms with van der Waals surface area (Å²) in [5, 5.41) is 0.991. The third-order valence-corrected chi connectivity index (χ3v) is 7.91. The molecule has 0 saturated heterocycles. The van der Waals surface area contributed by atoms with E-state index in [9.17, 15) is 8.42 Å². The molecular formula is C21H22BrNO4S2. The van der Waals surface area contributed by atoms with Gasteiger partial charge in [-0.1, -0.05) is 19.1 Å². The lowest BCUT2D eigenvalue weighted by Crippen LogP contribution is -2.18. The maximum absolute atomic E-state index is 12.2. The van der Waals surface area contributed by atoms with Crippen molar-refractivity contribution in [2.24, 2.45) is 0 Å². The van der Waals surface area contributed by atoms with Gasteiger partial charge in [0, 0.05) is 10.9 Å². The quantitative estimate of drug-likeness (QED) is 0.443. The molecule has 154 valence electrons. The standard InChI is InChI=1S/C21H22BrNO4S2/c1-4-14-5-6-16(12-20(28-3)29(24,25)23-2)19(11-14)27-13-15-9-17-7-8-26-21(17)18(22)10-15/h5-12,23H,4,13H2,1-3H3. The van der Waals surface area contributed by atoms with Gasteiger partial charge in [-0.2, -0.15) is 0 Å². The highest BCUT2D eigenvalue weighted by molar-refractivity contribution is 9.10.